The van der Waals surface area contributed by atoms with Crippen molar-refractivity contribution in [2.45, 2.75) is 18.9 Å². The van der Waals surface area contributed by atoms with Gasteiger partial charge in [0.25, 0.3) is 0 Å². The monoisotopic (exact) mass is 374 g/mol. The highest BCUT2D eigenvalue weighted by molar-refractivity contribution is 6.28. The Morgan fingerprint density at radius 3 is 2.54 bits per heavy atom. The van der Waals surface area contributed by atoms with Crippen LogP contribution in [0.15, 0.2) is 24.3 Å². The normalized spacial score (nSPS) is 17.0. The van der Waals surface area contributed by atoms with E-state index in [9.17, 15) is 4.79 Å². The Labute approximate surface area is 155 Å². The molecule has 1 aromatic heterocycles. The summed E-state index contributed by atoms with van der Waals surface area (Å²) < 4.78 is 5.35. The van der Waals surface area contributed by atoms with E-state index in [0.29, 0.717) is 36.7 Å². The maximum Gasteiger partial charge on any atom is 0.319 e. The molecule has 1 aliphatic heterocycles. The molecular weight excluding hydrogens is 356 g/mol. The summed E-state index contributed by atoms with van der Waals surface area (Å²) in [5, 5.41) is 5.85. The molecular formula is C17H19ClN6O2. The largest absolute Gasteiger partial charge is 0.378 e. The van der Waals surface area contributed by atoms with Gasteiger partial charge in [0.1, 0.15) is 0 Å². The fraction of sp³-hybridized carbons (Fsp3) is 0.412. The van der Waals surface area contributed by atoms with E-state index in [1.807, 2.05) is 29.2 Å². The summed E-state index contributed by atoms with van der Waals surface area (Å²) in [4.78, 5) is 26.8. The van der Waals surface area contributed by atoms with Crippen molar-refractivity contribution >= 4 is 29.3 Å². The Morgan fingerprint density at radius 1 is 1.12 bits per heavy atom. The Hall–Kier alpha value is -2.45. The summed E-state index contributed by atoms with van der Waals surface area (Å²) in [5.41, 5.74) is 1.51. The summed E-state index contributed by atoms with van der Waals surface area (Å²) in [6.07, 6.45) is 2.11. The standard InChI is InChI=1S/C17H19ClN6O2/c18-15-21-14(22-16(23-15)24-7-9-26-10-8-24)11-1-3-12(4-2-11)19-17(25)20-13-5-6-13/h1-4,13H,5-10H2,(H2,19,20,25). The molecule has 0 bridgehead atoms. The Morgan fingerprint density at radius 2 is 1.85 bits per heavy atom. The van der Waals surface area contributed by atoms with E-state index < -0.39 is 0 Å². The number of anilines is 2. The second-order valence-corrected chi connectivity index (χ2v) is 6.62. The van der Waals surface area contributed by atoms with Crippen LogP contribution in [-0.2, 0) is 4.74 Å². The number of nitrogens with zero attached hydrogens (tertiary/aromatic N) is 4. The van der Waals surface area contributed by atoms with Crippen LogP contribution in [0.5, 0.6) is 0 Å². The molecule has 2 aliphatic rings. The Balaban J connectivity index is 1.49. The molecule has 0 radical (unpaired) electrons. The molecule has 1 saturated carbocycles. The van der Waals surface area contributed by atoms with Crippen LogP contribution in [0.2, 0.25) is 5.28 Å². The van der Waals surface area contributed by atoms with Gasteiger partial charge in [-0.05, 0) is 48.7 Å². The number of amides is 2. The molecule has 2 N–H and O–H groups in total. The zero-order chi connectivity index (χ0) is 17.9. The molecule has 1 saturated heterocycles. The van der Waals surface area contributed by atoms with Crippen molar-refractivity contribution < 1.29 is 9.53 Å². The maximum absolute atomic E-state index is 11.8. The van der Waals surface area contributed by atoms with Crippen molar-refractivity contribution in [1.82, 2.24) is 20.3 Å². The predicted molar refractivity (Wildman–Crippen MR) is 98.5 cm³/mol. The van der Waals surface area contributed by atoms with Gasteiger partial charge in [-0.1, -0.05) is 0 Å². The van der Waals surface area contributed by atoms with Crippen molar-refractivity contribution in [2.75, 3.05) is 36.5 Å². The molecule has 0 atom stereocenters. The second kappa shape index (κ2) is 7.43. The lowest BCUT2D eigenvalue weighted by atomic mass is 10.2. The molecule has 4 rings (SSSR count). The molecule has 1 aliphatic carbocycles. The molecule has 2 aromatic rings. The van der Waals surface area contributed by atoms with Gasteiger partial charge in [-0.3, -0.25) is 0 Å². The SMILES string of the molecule is O=C(Nc1ccc(-c2nc(Cl)nc(N3CCOCC3)n2)cc1)NC1CC1. The quantitative estimate of drug-likeness (QED) is 0.853. The first-order chi connectivity index (χ1) is 12.7. The Kier molecular flexibility index (Phi) is 4.85. The number of carbonyl (C=O) groups excluding carboxylic acids is 1. The third-order valence-corrected chi connectivity index (χ3v) is 4.37. The van der Waals surface area contributed by atoms with E-state index in [-0.39, 0.29) is 11.3 Å². The average Bonchev–Trinajstić information content (AvgIpc) is 3.46. The number of hydrogen-bond acceptors (Lipinski definition) is 6. The molecule has 9 heteroatoms. The molecule has 8 nitrogen and oxygen atoms in total. The average molecular weight is 375 g/mol. The van der Waals surface area contributed by atoms with E-state index in [4.69, 9.17) is 16.3 Å². The van der Waals surface area contributed by atoms with E-state index in [1.54, 1.807) is 0 Å². The summed E-state index contributed by atoms with van der Waals surface area (Å²) >= 11 is 6.09. The topological polar surface area (TPSA) is 92.3 Å². The van der Waals surface area contributed by atoms with Crippen LogP contribution >= 0.6 is 11.6 Å². The molecule has 2 amide bonds. The molecule has 0 spiro atoms. The van der Waals surface area contributed by atoms with Crippen LogP contribution in [0.3, 0.4) is 0 Å². The number of benzene rings is 1. The fourth-order valence-electron chi connectivity index (χ4n) is 2.66. The van der Waals surface area contributed by atoms with Crippen molar-refractivity contribution in [2.24, 2.45) is 0 Å². The van der Waals surface area contributed by atoms with Crippen LogP contribution in [0.4, 0.5) is 16.4 Å². The first-order valence-electron chi connectivity index (χ1n) is 8.59. The van der Waals surface area contributed by atoms with Crippen molar-refractivity contribution in [3.8, 4) is 11.4 Å². The second-order valence-electron chi connectivity index (χ2n) is 6.28. The number of hydrogen-bond donors (Lipinski definition) is 2. The van der Waals surface area contributed by atoms with Gasteiger partial charge in [0.05, 0.1) is 13.2 Å². The lowest BCUT2D eigenvalue weighted by Gasteiger charge is -2.26. The van der Waals surface area contributed by atoms with Crippen molar-refractivity contribution in [1.29, 1.82) is 0 Å². The Bertz CT molecular complexity index is 790. The third kappa shape index (κ3) is 4.20. The van der Waals surface area contributed by atoms with Gasteiger partial charge in [-0.15, -0.1) is 0 Å². The number of urea groups is 1. The van der Waals surface area contributed by atoms with Gasteiger partial charge in [0.15, 0.2) is 5.82 Å². The lowest BCUT2D eigenvalue weighted by molar-refractivity contribution is 0.122. The van der Waals surface area contributed by atoms with E-state index >= 15 is 0 Å². The minimum absolute atomic E-state index is 0.155. The van der Waals surface area contributed by atoms with Crippen LogP contribution < -0.4 is 15.5 Å². The van der Waals surface area contributed by atoms with Gasteiger partial charge in [0.2, 0.25) is 11.2 Å². The molecule has 2 heterocycles. The molecule has 0 unspecified atom stereocenters. The smallest absolute Gasteiger partial charge is 0.319 e. The third-order valence-electron chi connectivity index (χ3n) is 4.20. The zero-order valence-electron chi connectivity index (χ0n) is 14.1. The van der Waals surface area contributed by atoms with Crippen molar-refractivity contribution in [3.63, 3.8) is 0 Å². The summed E-state index contributed by atoms with van der Waals surface area (Å²) in [6, 6.07) is 7.46. The number of morpholine rings is 1. The number of rotatable bonds is 4. The van der Waals surface area contributed by atoms with Gasteiger partial charge in [-0.2, -0.15) is 15.0 Å². The predicted octanol–water partition coefficient (Wildman–Crippen LogP) is 2.31. The number of ether oxygens (including phenoxy) is 1. The number of halogens is 1. The highest BCUT2D eigenvalue weighted by atomic mass is 35.5. The number of carbonyl (C=O) groups is 1. The number of aromatic nitrogens is 3. The van der Waals surface area contributed by atoms with Gasteiger partial charge >= 0.3 is 6.03 Å². The van der Waals surface area contributed by atoms with Crippen molar-refractivity contribution in [3.05, 3.63) is 29.5 Å². The lowest BCUT2D eigenvalue weighted by Crippen LogP contribution is -2.37. The highest BCUT2D eigenvalue weighted by Gasteiger charge is 2.23. The van der Waals surface area contributed by atoms with Gasteiger partial charge < -0.3 is 20.3 Å². The molecule has 2 fully saturated rings. The molecule has 1 aromatic carbocycles. The minimum atomic E-state index is -0.182. The van der Waals surface area contributed by atoms with E-state index in [2.05, 4.69) is 25.6 Å². The minimum Gasteiger partial charge on any atom is -0.378 e. The fourth-order valence-corrected chi connectivity index (χ4v) is 2.81. The maximum atomic E-state index is 11.8. The van der Waals surface area contributed by atoms with Gasteiger partial charge in [0, 0.05) is 30.4 Å². The summed E-state index contributed by atoms with van der Waals surface area (Å²) in [6.45, 7) is 2.72. The molecule has 136 valence electrons. The summed E-state index contributed by atoms with van der Waals surface area (Å²) in [5.74, 6) is 1.05. The van der Waals surface area contributed by atoms with E-state index in [0.717, 1.165) is 31.5 Å². The van der Waals surface area contributed by atoms with Crippen LogP contribution in [0.25, 0.3) is 11.4 Å². The summed E-state index contributed by atoms with van der Waals surface area (Å²) in [7, 11) is 0. The highest BCUT2D eigenvalue weighted by Crippen LogP contribution is 2.23. The number of nitrogens with one attached hydrogen (secondary N) is 2. The first kappa shape index (κ1) is 17.0. The van der Waals surface area contributed by atoms with E-state index in [1.165, 1.54) is 0 Å². The van der Waals surface area contributed by atoms with Crippen LogP contribution in [-0.4, -0.2) is 53.3 Å². The van der Waals surface area contributed by atoms with Crippen LogP contribution in [0.1, 0.15) is 12.8 Å². The van der Waals surface area contributed by atoms with Gasteiger partial charge in [-0.25, -0.2) is 4.79 Å². The molecule has 26 heavy (non-hydrogen) atoms. The first-order valence-corrected chi connectivity index (χ1v) is 8.97. The van der Waals surface area contributed by atoms with Crippen LogP contribution in [0, 0.1) is 0 Å². The zero-order valence-corrected chi connectivity index (χ0v) is 14.9.